The summed E-state index contributed by atoms with van der Waals surface area (Å²) in [4.78, 5) is 23.1. The second-order valence-corrected chi connectivity index (χ2v) is 3.39. The number of likely N-dealkylation sites (tertiary alicyclic amines) is 1. The number of rotatable bonds is 4. The van der Waals surface area contributed by atoms with Crippen LogP contribution >= 0.6 is 0 Å². The van der Waals surface area contributed by atoms with Gasteiger partial charge in [-0.25, -0.2) is 4.79 Å². The lowest BCUT2D eigenvalue weighted by molar-refractivity contribution is -0.132. The zero-order chi connectivity index (χ0) is 10.7. The fourth-order valence-corrected chi connectivity index (χ4v) is 1.32. The lowest BCUT2D eigenvalue weighted by Crippen LogP contribution is -2.54. The van der Waals surface area contributed by atoms with E-state index in [4.69, 9.17) is 10.8 Å². The summed E-state index contributed by atoms with van der Waals surface area (Å²) in [5.74, 6) is -1.27. The number of carboxylic acids is 1. The van der Waals surface area contributed by atoms with E-state index in [1.807, 2.05) is 4.90 Å². The lowest BCUT2D eigenvalue weighted by Gasteiger charge is -2.37. The van der Waals surface area contributed by atoms with Crippen LogP contribution in [-0.4, -0.2) is 41.0 Å². The van der Waals surface area contributed by atoms with Crippen LogP contribution in [-0.2, 0) is 9.59 Å². The molecular formula is C9H14N2O3. The predicted molar refractivity (Wildman–Crippen MR) is 50.6 cm³/mol. The monoisotopic (exact) mass is 198 g/mol. The average Bonchev–Trinajstić information content (AvgIpc) is 2.00. The number of nitrogens with zero attached hydrogens (tertiary/aromatic N) is 1. The molecule has 0 aromatic heterocycles. The number of carbonyl (C=O) groups excluding carboxylic acids is 1. The molecule has 0 aliphatic carbocycles. The summed E-state index contributed by atoms with van der Waals surface area (Å²) in [7, 11) is 0. The maximum absolute atomic E-state index is 10.8. The van der Waals surface area contributed by atoms with E-state index in [-0.39, 0.29) is 11.9 Å². The van der Waals surface area contributed by atoms with Gasteiger partial charge in [-0.05, 0) is 13.3 Å². The molecule has 3 N–H and O–H groups in total. The first-order valence-corrected chi connectivity index (χ1v) is 4.46. The van der Waals surface area contributed by atoms with Gasteiger partial charge in [-0.1, -0.05) is 6.08 Å². The first-order valence-electron chi connectivity index (χ1n) is 4.46. The van der Waals surface area contributed by atoms with Crippen molar-refractivity contribution in [2.45, 2.75) is 19.4 Å². The molecule has 1 fully saturated rings. The molecule has 1 aliphatic heterocycles. The molecule has 78 valence electrons. The summed E-state index contributed by atoms with van der Waals surface area (Å²) in [6, 6.07) is -0.215. The molecule has 5 heteroatoms. The molecule has 1 atom stereocenters. The van der Waals surface area contributed by atoms with Gasteiger partial charge in [0.1, 0.15) is 0 Å². The maximum atomic E-state index is 10.8. The molecule has 5 nitrogen and oxygen atoms in total. The van der Waals surface area contributed by atoms with Gasteiger partial charge in [0.2, 0.25) is 5.91 Å². The minimum absolute atomic E-state index is 0.215. The minimum Gasteiger partial charge on any atom is -0.478 e. The third-order valence-corrected chi connectivity index (χ3v) is 2.43. The van der Waals surface area contributed by atoms with E-state index in [0.29, 0.717) is 12.1 Å². The zero-order valence-electron chi connectivity index (χ0n) is 8.06. The van der Waals surface area contributed by atoms with Crippen LogP contribution in [0.15, 0.2) is 11.6 Å². The van der Waals surface area contributed by atoms with Crippen LogP contribution in [0.1, 0.15) is 13.3 Å². The van der Waals surface area contributed by atoms with Crippen LogP contribution in [0.4, 0.5) is 0 Å². The first-order chi connectivity index (χ1) is 6.52. The van der Waals surface area contributed by atoms with Crippen molar-refractivity contribution in [3.05, 3.63) is 11.6 Å². The van der Waals surface area contributed by atoms with Gasteiger partial charge in [-0.2, -0.15) is 0 Å². The number of hydrogen-bond acceptors (Lipinski definition) is 3. The Morgan fingerprint density at radius 2 is 2.29 bits per heavy atom. The fourth-order valence-electron chi connectivity index (χ4n) is 1.32. The van der Waals surface area contributed by atoms with E-state index in [1.54, 1.807) is 6.08 Å². The van der Waals surface area contributed by atoms with Gasteiger partial charge in [0.05, 0.1) is 6.04 Å². The van der Waals surface area contributed by atoms with Crippen molar-refractivity contribution in [3.63, 3.8) is 0 Å². The van der Waals surface area contributed by atoms with Gasteiger partial charge in [0.15, 0.2) is 0 Å². The maximum Gasteiger partial charge on any atom is 0.330 e. The Hall–Kier alpha value is -1.36. The number of carbonyl (C=O) groups is 2. The van der Waals surface area contributed by atoms with Gasteiger partial charge in [-0.3, -0.25) is 9.69 Å². The van der Waals surface area contributed by atoms with Crippen molar-refractivity contribution in [1.82, 2.24) is 4.90 Å². The number of aliphatic carboxylic acids is 1. The fraction of sp³-hybridized carbons (Fsp3) is 0.556. The van der Waals surface area contributed by atoms with E-state index >= 15 is 0 Å². The standard InChI is InChI=1S/C9H14N2O3/c1-6(9(13)14)2-4-11-5-3-7(11)8(10)12/h2,7H,3-5H2,1H3,(H2,10,12)(H,13,14)/b6-2+. The predicted octanol–water partition coefficient (Wildman–Crippen LogP) is -0.423. The van der Waals surface area contributed by atoms with Gasteiger partial charge in [0, 0.05) is 18.7 Å². The number of hydrogen-bond donors (Lipinski definition) is 2. The van der Waals surface area contributed by atoms with Crippen molar-refractivity contribution in [1.29, 1.82) is 0 Å². The third kappa shape index (κ3) is 2.32. The van der Waals surface area contributed by atoms with Crippen molar-refractivity contribution in [2.24, 2.45) is 5.73 Å². The molecule has 1 saturated heterocycles. The van der Waals surface area contributed by atoms with E-state index in [0.717, 1.165) is 13.0 Å². The Morgan fingerprint density at radius 3 is 2.64 bits per heavy atom. The van der Waals surface area contributed by atoms with Crippen LogP contribution in [0.2, 0.25) is 0 Å². The molecule has 0 saturated carbocycles. The molecule has 1 aliphatic rings. The molecule has 0 aromatic rings. The van der Waals surface area contributed by atoms with E-state index in [1.165, 1.54) is 6.92 Å². The average molecular weight is 198 g/mol. The van der Waals surface area contributed by atoms with E-state index < -0.39 is 5.97 Å². The highest BCUT2D eigenvalue weighted by atomic mass is 16.4. The molecule has 14 heavy (non-hydrogen) atoms. The number of primary amides is 1. The second kappa shape index (κ2) is 4.23. The Morgan fingerprint density at radius 1 is 1.64 bits per heavy atom. The summed E-state index contributed by atoms with van der Waals surface area (Å²) in [6.45, 7) is 2.81. The highest BCUT2D eigenvalue weighted by Gasteiger charge is 2.31. The van der Waals surface area contributed by atoms with Gasteiger partial charge in [0.25, 0.3) is 0 Å². The van der Waals surface area contributed by atoms with E-state index in [2.05, 4.69) is 0 Å². The Bertz CT molecular complexity index is 286. The summed E-state index contributed by atoms with van der Waals surface area (Å²) < 4.78 is 0. The smallest absolute Gasteiger partial charge is 0.330 e. The van der Waals surface area contributed by atoms with Gasteiger partial charge < -0.3 is 10.8 Å². The molecule has 1 heterocycles. The Kier molecular flexibility index (Phi) is 3.24. The molecule has 0 radical (unpaired) electrons. The van der Waals surface area contributed by atoms with Crippen molar-refractivity contribution in [2.75, 3.05) is 13.1 Å². The molecule has 0 bridgehead atoms. The second-order valence-electron chi connectivity index (χ2n) is 3.39. The largest absolute Gasteiger partial charge is 0.478 e. The summed E-state index contributed by atoms with van der Waals surface area (Å²) in [6.07, 6.45) is 2.37. The van der Waals surface area contributed by atoms with Crippen LogP contribution in [0.25, 0.3) is 0 Å². The normalized spacial score (nSPS) is 22.9. The van der Waals surface area contributed by atoms with Crippen molar-refractivity contribution >= 4 is 11.9 Å². The highest BCUT2D eigenvalue weighted by molar-refractivity contribution is 5.85. The SMILES string of the molecule is C/C(=C\CN1CCC1C(N)=O)C(=O)O. The van der Waals surface area contributed by atoms with Crippen LogP contribution < -0.4 is 5.73 Å². The summed E-state index contributed by atoms with van der Waals surface area (Å²) in [5, 5.41) is 8.58. The zero-order valence-corrected chi connectivity index (χ0v) is 8.06. The molecule has 1 amide bonds. The van der Waals surface area contributed by atoms with Crippen LogP contribution in [0.5, 0.6) is 0 Å². The first kappa shape index (κ1) is 10.7. The molecule has 1 unspecified atom stereocenters. The van der Waals surface area contributed by atoms with Crippen LogP contribution in [0.3, 0.4) is 0 Å². The lowest BCUT2D eigenvalue weighted by atomic mass is 10.0. The number of nitrogens with two attached hydrogens (primary N) is 1. The van der Waals surface area contributed by atoms with Gasteiger partial charge >= 0.3 is 5.97 Å². The number of carboxylic acid groups (broad SMARTS) is 1. The summed E-state index contributed by atoms with van der Waals surface area (Å²) in [5.41, 5.74) is 5.43. The van der Waals surface area contributed by atoms with E-state index in [9.17, 15) is 9.59 Å². The highest BCUT2D eigenvalue weighted by Crippen LogP contribution is 2.16. The Labute approximate surface area is 82.2 Å². The molecule has 0 aromatic carbocycles. The molecule has 1 rings (SSSR count). The quantitative estimate of drug-likeness (QED) is 0.601. The molecular weight excluding hydrogens is 184 g/mol. The third-order valence-electron chi connectivity index (χ3n) is 2.43. The van der Waals surface area contributed by atoms with Crippen LogP contribution in [0, 0.1) is 0 Å². The molecule has 0 spiro atoms. The minimum atomic E-state index is -0.929. The topological polar surface area (TPSA) is 83.6 Å². The Balaban J connectivity index is 2.43. The summed E-state index contributed by atoms with van der Waals surface area (Å²) >= 11 is 0. The van der Waals surface area contributed by atoms with Crippen molar-refractivity contribution in [3.8, 4) is 0 Å². The van der Waals surface area contributed by atoms with Gasteiger partial charge in [-0.15, -0.1) is 0 Å². The number of amides is 1. The van der Waals surface area contributed by atoms with Crippen molar-refractivity contribution < 1.29 is 14.7 Å².